The highest BCUT2D eigenvalue weighted by atomic mass is 35.5. The lowest BCUT2D eigenvalue weighted by molar-refractivity contribution is 0.211. The van der Waals surface area contributed by atoms with E-state index in [1.807, 2.05) is 18.2 Å². The summed E-state index contributed by atoms with van der Waals surface area (Å²) in [5, 5.41) is 11.5. The van der Waals surface area contributed by atoms with Gasteiger partial charge in [-0.2, -0.15) is 0 Å². The fourth-order valence-electron chi connectivity index (χ4n) is 1.24. The summed E-state index contributed by atoms with van der Waals surface area (Å²) in [4.78, 5) is 18.0. The highest BCUT2D eigenvalue weighted by molar-refractivity contribution is 5.85. The van der Waals surface area contributed by atoms with Crippen molar-refractivity contribution in [1.29, 1.82) is 0 Å². The first-order valence-corrected chi connectivity index (χ1v) is 5.07. The summed E-state index contributed by atoms with van der Waals surface area (Å²) in [6.07, 6.45) is 2.16. The van der Waals surface area contributed by atoms with Crippen molar-refractivity contribution < 1.29 is 4.79 Å². The molecule has 7 nitrogen and oxygen atoms in total. The lowest BCUT2D eigenvalue weighted by atomic mass is 10.3. The van der Waals surface area contributed by atoms with Gasteiger partial charge < -0.3 is 4.90 Å². The SMILES string of the molecule is CN(C)C(=O)n1nnc(Cc2ccccn2)n1.Cl. The third-order valence-electron chi connectivity index (χ3n) is 2.07. The summed E-state index contributed by atoms with van der Waals surface area (Å²) < 4.78 is 0. The molecule has 96 valence electrons. The van der Waals surface area contributed by atoms with Crippen LogP contribution in [0, 0.1) is 0 Å². The lowest BCUT2D eigenvalue weighted by Gasteiger charge is -2.06. The number of carbonyl (C=O) groups excluding carboxylic acids is 1. The Bertz CT molecular complexity index is 512. The molecule has 2 aromatic rings. The number of tetrazole rings is 1. The molecule has 0 atom stereocenters. The summed E-state index contributed by atoms with van der Waals surface area (Å²) in [6, 6.07) is 5.26. The van der Waals surface area contributed by atoms with Crippen LogP contribution < -0.4 is 0 Å². The number of rotatable bonds is 2. The van der Waals surface area contributed by atoms with Crippen molar-refractivity contribution >= 4 is 18.4 Å². The van der Waals surface area contributed by atoms with Crippen LogP contribution in [0.4, 0.5) is 4.79 Å². The minimum atomic E-state index is -0.329. The first kappa shape index (κ1) is 14.0. The lowest BCUT2D eigenvalue weighted by Crippen LogP contribution is -2.29. The molecule has 2 aromatic heterocycles. The minimum absolute atomic E-state index is 0. The van der Waals surface area contributed by atoms with E-state index >= 15 is 0 Å². The molecule has 0 aliphatic rings. The summed E-state index contributed by atoms with van der Waals surface area (Å²) in [6.45, 7) is 0. The van der Waals surface area contributed by atoms with E-state index in [1.165, 1.54) is 4.90 Å². The van der Waals surface area contributed by atoms with Crippen molar-refractivity contribution in [1.82, 2.24) is 30.1 Å². The smallest absolute Gasteiger partial charge is 0.328 e. The zero-order valence-electron chi connectivity index (χ0n) is 10.0. The van der Waals surface area contributed by atoms with Crippen LogP contribution in [0.2, 0.25) is 0 Å². The van der Waals surface area contributed by atoms with Gasteiger partial charge >= 0.3 is 6.03 Å². The van der Waals surface area contributed by atoms with Crippen LogP contribution >= 0.6 is 12.4 Å². The van der Waals surface area contributed by atoms with Gasteiger partial charge in [-0.1, -0.05) is 10.9 Å². The van der Waals surface area contributed by atoms with E-state index in [4.69, 9.17) is 0 Å². The van der Waals surface area contributed by atoms with Gasteiger partial charge in [-0.25, -0.2) is 4.79 Å². The average molecular weight is 269 g/mol. The number of hydrogen-bond donors (Lipinski definition) is 0. The predicted molar refractivity (Wildman–Crippen MR) is 66.6 cm³/mol. The summed E-state index contributed by atoms with van der Waals surface area (Å²) in [5.41, 5.74) is 0.837. The maximum atomic E-state index is 11.5. The average Bonchev–Trinajstić information content (AvgIpc) is 2.77. The largest absolute Gasteiger partial charge is 0.362 e. The highest BCUT2D eigenvalue weighted by Crippen LogP contribution is 2.00. The van der Waals surface area contributed by atoms with Crippen LogP contribution in [0.5, 0.6) is 0 Å². The van der Waals surface area contributed by atoms with E-state index in [0.717, 1.165) is 10.5 Å². The van der Waals surface area contributed by atoms with Gasteiger partial charge in [0.2, 0.25) is 0 Å². The molecule has 0 spiro atoms. The topological polar surface area (TPSA) is 76.8 Å². The Balaban J connectivity index is 0.00000162. The molecule has 0 aliphatic heterocycles. The van der Waals surface area contributed by atoms with Crippen LogP contribution in [0.25, 0.3) is 0 Å². The molecule has 2 heterocycles. The minimum Gasteiger partial charge on any atom is -0.328 e. The number of halogens is 1. The van der Waals surface area contributed by atoms with Crippen molar-refractivity contribution in [2.75, 3.05) is 14.1 Å². The number of nitrogens with zero attached hydrogens (tertiary/aromatic N) is 6. The molecule has 0 N–H and O–H groups in total. The number of carbonyl (C=O) groups is 1. The molecular formula is C10H13ClN6O. The molecule has 1 amide bonds. The van der Waals surface area contributed by atoms with Gasteiger partial charge in [0.15, 0.2) is 5.82 Å². The molecule has 0 saturated heterocycles. The molecule has 2 rings (SSSR count). The Hall–Kier alpha value is -2.02. The van der Waals surface area contributed by atoms with Crippen LogP contribution in [0.1, 0.15) is 11.5 Å². The number of hydrogen-bond acceptors (Lipinski definition) is 5. The molecule has 0 unspecified atom stereocenters. The van der Waals surface area contributed by atoms with E-state index in [9.17, 15) is 4.79 Å². The quantitative estimate of drug-likeness (QED) is 0.798. The Morgan fingerprint density at radius 3 is 2.78 bits per heavy atom. The monoisotopic (exact) mass is 268 g/mol. The van der Waals surface area contributed by atoms with E-state index in [2.05, 4.69) is 20.4 Å². The molecule has 0 aromatic carbocycles. The van der Waals surface area contributed by atoms with E-state index < -0.39 is 0 Å². The third kappa shape index (κ3) is 3.24. The van der Waals surface area contributed by atoms with Gasteiger partial charge in [-0.15, -0.1) is 22.6 Å². The van der Waals surface area contributed by atoms with Crippen molar-refractivity contribution in [2.45, 2.75) is 6.42 Å². The van der Waals surface area contributed by atoms with Crippen molar-refractivity contribution in [3.8, 4) is 0 Å². The predicted octanol–water partition coefficient (Wildman–Crippen LogP) is 0.610. The highest BCUT2D eigenvalue weighted by Gasteiger charge is 2.12. The Labute approximate surface area is 110 Å². The van der Waals surface area contributed by atoms with Gasteiger partial charge in [0.25, 0.3) is 0 Å². The summed E-state index contributed by atoms with van der Waals surface area (Å²) in [5.74, 6) is 0.471. The van der Waals surface area contributed by atoms with Crippen molar-refractivity contribution in [3.05, 3.63) is 35.9 Å². The fourth-order valence-corrected chi connectivity index (χ4v) is 1.24. The third-order valence-corrected chi connectivity index (χ3v) is 2.07. The molecule has 0 fully saturated rings. The Kier molecular flexibility index (Phi) is 4.73. The maximum absolute atomic E-state index is 11.5. The first-order valence-electron chi connectivity index (χ1n) is 5.07. The summed E-state index contributed by atoms with van der Waals surface area (Å²) in [7, 11) is 3.26. The van der Waals surface area contributed by atoms with Gasteiger partial charge in [0.1, 0.15) is 0 Å². The van der Waals surface area contributed by atoms with Gasteiger partial charge in [0, 0.05) is 26.0 Å². The van der Waals surface area contributed by atoms with Gasteiger partial charge in [-0.3, -0.25) is 4.98 Å². The van der Waals surface area contributed by atoms with Crippen molar-refractivity contribution in [3.63, 3.8) is 0 Å². The van der Waals surface area contributed by atoms with Crippen LogP contribution in [0.3, 0.4) is 0 Å². The van der Waals surface area contributed by atoms with E-state index in [1.54, 1.807) is 20.3 Å². The molecular weight excluding hydrogens is 256 g/mol. The standard InChI is InChI=1S/C10H12N6O.ClH/c1-15(2)10(17)16-13-9(12-14-16)7-8-5-3-4-6-11-8;/h3-6H,7H2,1-2H3;1H. The van der Waals surface area contributed by atoms with Crippen LogP contribution in [0.15, 0.2) is 24.4 Å². The molecule has 0 saturated carbocycles. The molecule has 0 aliphatic carbocycles. The second-order valence-electron chi connectivity index (χ2n) is 3.67. The second-order valence-corrected chi connectivity index (χ2v) is 3.67. The van der Waals surface area contributed by atoms with Gasteiger partial charge in [0.05, 0.1) is 6.42 Å². The van der Waals surface area contributed by atoms with Gasteiger partial charge in [-0.05, 0) is 17.3 Å². The number of aromatic nitrogens is 5. The molecule has 18 heavy (non-hydrogen) atoms. The van der Waals surface area contributed by atoms with Crippen LogP contribution in [-0.4, -0.2) is 50.2 Å². The second kappa shape index (κ2) is 6.06. The van der Waals surface area contributed by atoms with E-state index in [0.29, 0.717) is 12.2 Å². The van der Waals surface area contributed by atoms with Crippen LogP contribution in [-0.2, 0) is 6.42 Å². The Morgan fingerprint density at radius 1 is 1.39 bits per heavy atom. The summed E-state index contributed by atoms with van der Waals surface area (Å²) >= 11 is 0. The molecule has 8 heteroatoms. The number of pyridine rings is 1. The number of amides is 1. The normalized spacial score (nSPS) is 9.67. The fraction of sp³-hybridized carbons (Fsp3) is 0.300. The van der Waals surface area contributed by atoms with E-state index in [-0.39, 0.29) is 18.4 Å². The Morgan fingerprint density at radius 2 is 2.17 bits per heavy atom. The zero-order chi connectivity index (χ0) is 12.3. The molecule has 0 bridgehead atoms. The van der Waals surface area contributed by atoms with Crippen molar-refractivity contribution in [2.24, 2.45) is 0 Å². The zero-order valence-corrected chi connectivity index (χ0v) is 10.8. The maximum Gasteiger partial charge on any atom is 0.362 e. The first-order chi connectivity index (χ1) is 8.16. The molecule has 0 radical (unpaired) electrons.